The summed E-state index contributed by atoms with van der Waals surface area (Å²) in [6.45, 7) is 3.84. The van der Waals surface area contributed by atoms with Crippen LogP contribution in [-0.4, -0.2) is 12.8 Å². The molecule has 3 heteroatoms. The number of ether oxygens (including phenoxy) is 1. The van der Waals surface area contributed by atoms with E-state index in [1.165, 1.54) is 0 Å². The molecule has 0 aliphatic rings. The summed E-state index contributed by atoms with van der Waals surface area (Å²) in [6.07, 6.45) is 7.94. The molecule has 0 rings (SSSR count). The summed E-state index contributed by atoms with van der Waals surface area (Å²) in [4.78, 5) is 0. The van der Waals surface area contributed by atoms with Gasteiger partial charge in [0, 0.05) is 5.57 Å². The molecule has 0 aliphatic heterocycles. The van der Waals surface area contributed by atoms with E-state index in [0.29, 0.717) is 11.3 Å². The lowest BCUT2D eigenvalue weighted by atomic mass is 10.1. The van der Waals surface area contributed by atoms with Crippen LogP contribution >= 0.6 is 0 Å². The Labute approximate surface area is 90.9 Å². The van der Waals surface area contributed by atoms with Crippen molar-refractivity contribution < 1.29 is 4.74 Å². The van der Waals surface area contributed by atoms with E-state index in [1.807, 2.05) is 19.9 Å². The van der Waals surface area contributed by atoms with Gasteiger partial charge in [-0.3, -0.25) is 5.41 Å². The van der Waals surface area contributed by atoms with Crippen LogP contribution in [0.5, 0.6) is 0 Å². The highest BCUT2D eigenvalue weighted by atomic mass is 16.5. The van der Waals surface area contributed by atoms with Gasteiger partial charge in [-0.25, -0.2) is 0 Å². The lowest BCUT2D eigenvalue weighted by Gasteiger charge is -2.02. The Hall–Kier alpha value is -1.82. The van der Waals surface area contributed by atoms with Crippen molar-refractivity contribution in [1.82, 2.24) is 0 Å². The highest BCUT2D eigenvalue weighted by molar-refractivity contribution is 6.11. The molecule has 3 nitrogen and oxygen atoms in total. The number of methoxy groups -OCH3 is 1. The van der Waals surface area contributed by atoms with Crippen LogP contribution in [0.3, 0.4) is 0 Å². The lowest BCUT2D eigenvalue weighted by Crippen LogP contribution is -1.96. The normalized spacial score (nSPS) is 12.7. The number of allylic oxidation sites excluding steroid dienone is 5. The second kappa shape index (κ2) is 7.57. The highest BCUT2D eigenvalue weighted by Crippen LogP contribution is 2.07. The molecule has 0 saturated heterocycles. The van der Waals surface area contributed by atoms with E-state index in [-0.39, 0.29) is 5.71 Å². The zero-order valence-electron chi connectivity index (χ0n) is 9.37. The summed E-state index contributed by atoms with van der Waals surface area (Å²) in [7, 11) is 1.57. The first-order valence-corrected chi connectivity index (χ1v) is 4.77. The van der Waals surface area contributed by atoms with Gasteiger partial charge in [0.1, 0.15) is 17.5 Å². The summed E-state index contributed by atoms with van der Waals surface area (Å²) < 4.78 is 5.11. The van der Waals surface area contributed by atoms with Crippen molar-refractivity contribution in [2.24, 2.45) is 0 Å². The largest absolute Gasteiger partial charge is 0.497 e. The summed E-state index contributed by atoms with van der Waals surface area (Å²) in [6, 6.07) is 1.80. The van der Waals surface area contributed by atoms with Crippen LogP contribution < -0.4 is 0 Å². The van der Waals surface area contributed by atoms with E-state index in [2.05, 4.69) is 0 Å². The highest BCUT2D eigenvalue weighted by Gasteiger charge is 2.01. The topological polar surface area (TPSA) is 56.9 Å². The third kappa shape index (κ3) is 4.82. The van der Waals surface area contributed by atoms with Crippen molar-refractivity contribution >= 4 is 5.71 Å². The van der Waals surface area contributed by atoms with E-state index in [1.54, 1.807) is 31.4 Å². The van der Waals surface area contributed by atoms with E-state index in [0.717, 1.165) is 6.42 Å². The first-order chi connectivity index (χ1) is 7.19. The fourth-order valence-electron chi connectivity index (χ4n) is 1.00. The maximum atomic E-state index is 8.64. The summed E-state index contributed by atoms with van der Waals surface area (Å²) >= 11 is 0. The van der Waals surface area contributed by atoms with Gasteiger partial charge in [-0.15, -0.1) is 0 Å². The SMILES string of the molecule is C\C=C/C(=C\C(=C\CC)OC)C(=N)C#N. The van der Waals surface area contributed by atoms with Crippen LogP contribution in [0.25, 0.3) is 0 Å². The fraction of sp³-hybridized carbons (Fsp3) is 0.333. The molecule has 15 heavy (non-hydrogen) atoms. The van der Waals surface area contributed by atoms with Crippen molar-refractivity contribution in [3.63, 3.8) is 0 Å². The first kappa shape index (κ1) is 13.2. The Kier molecular flexibility index (Phi) is 6.65. The van der Waals surface area contributed by atoms with Gasteiger partial charge < -0.3 is 4.74 Å². The van der Waals surface area contributed by atoms with Gasteiger partial charge in [-0.1, -0.05) is 19.1 Å². The second-order valence-corrected chi connectivity index (χ2v) is 2.81. The summed E-state index contributed by atoms with van der Waals surface area (Å²) in [5.74, 6) is 0.672. The van der Waals surface area contributed by atoms with Crippen LogP contribution in [0.1, 0.15) is 20.3 Å². The molecule has 0 saturated carbocycles. The number of rotatable bonds is 5. The zero-order valence-corrected chi connectivity index (χ0v) is 9.37. The molecular formula is C12H16N2O. The smallest absolute Gasteiger partial charge is 0.139 e. The number of hydrogen-bond donors (Lipinski definition) is 1. The predicted molar refractivity (Wildman–Crippen MR) is 61.6 cm³/mol. The number of nitriles is 1. The zero-order chi connectivity index (χ0) is 11.7. The third-order valence-electron chi connectivity index (χ3n) is 1.69. The van der Waals surface area contributed by atoms with Crippen molar-refractivity contribution in [3.8, 4) is 6.07 Å². The van der Waals surface area contributed by atoms with Gasteiger partial charge in [0.05, 0.1) is 7.11 Å². The minimum atomic E-state index is -0.0628. The minimum Gasteiger partial charge on any atom is -0.497 e. The van der Waals surface area contributed by atoms with Crippen molar-refractivity contribution in [3.05, 3.63) is 35.6 Å². The van der Waals surface area contributed by atoms with Crippen LogP contribution in [0.2, 0.25) is 0 Å². The van der Waals surface area contributed by atoms with Gasteiger partial charge in [-0.2, -0.15) is 5.26 Å². The Morgan fingerprint density at radius 2 is 2.20 bits per heavy atom. The van der Waals surface area contributed by atoms with Gasteiger partial charge in [0.25, 0.3) is 0 Å². The van der Waals surface area contributed by atoms with E-state index in [4.69, 9.17) is 15.4 Å². The monoisotopic (exact) mass is 204 g/mol. The lowest BCUT2D eigenvalue weighted by molar-refractivity contribution is 0.305. The fourth-order valence-corrected chi connectivity index (χ4v) is 1.00. The Bertz CT molecular complexity index is 343. The maximum absolute atomic E-state index is 8.64. The summed E-state index contributed by atoms with van der Waals surface area (Å²) in [5.41, 5.74) is 0.494. The molecule has 0 aromatic rings. The third-order valence-corrected chi connectivity index (χ3v) is 1.69. The predicted octanol–water partition coefficient (Wildman–Crippen LogP) is 2.97. The Balaban J connectivity index is 5.07. The van der Waals surface area contributed by atoms with Crippen LogP contribution in [0.15, 0.2) is 35.6 Å². The second-order valence-electron chi connectivity index (χ2n) is 2.81. The van der Waals surface area contributed by atoms with Gasteiger partial charge >= 0.3 is 0 Å². The molecule has 80 valence electrons. The van der Waals surface area contributed by atoms with E-state index in [9.17, 15) is 0 Å². The quantitative estimate of drug-likeness (QED) is 0.425. The summed E-state index contributed by atoms with van der Waals surface area (Å²) in [5, 5.41) is 16.1. The van der Waals surface area contributed by atoms with E-state index < -0.39 is 0 Å². The molecule has 0 unspecified atom stereocenters. The number of hydrogen-bond acceptors (Lipinski definition) is 3. The van der Waals surface area contributed by atoms with Crippen LogP contribution in [0.4, 0.5) is 0 Å². The van der Waals surface area contributed by atoms with E-state index >= 15 is 0 Å². The maximum Gasteiger partial charge on any atom is 0.139 e. The molecule has 0 aliphatic carbocycles. The molecule has 0 aromatic carbocycles. The number of nitrogens with zero attached hydrogens (tertiary/aromatic N) is 1. The molecule has 0 heterocycles. The Morgan fingerprint density at radius 1 is 1.53 bits per heavy atom. The Morgan fingerprint density at radius 3 is 2.60 bits per heavy atom. The number of nitrogens with one attached hydrogen (secondary N) is 1. The van der Waals surface area contributed by atoms with Gasteiger partial charge in [0.15, 0.2) is 0 Å². The molecule has 0 radical (unpaired) electrons. The van der Waals surface area contributed by atoms with Crippen molar-refractivity contribution in [2.45, 2.75) is 20.3 Å². The standard InChI is InChI=1S/C12H16N2O/c1-4-6-10(12(14)9-13)8-11(15-3)7-5-2/h4,6-8,14H,5H2,1-3H3/b6-4-,10-8+,11-7-,14-12?. The van der Waals surface area contributed by atoms with Crippen LogP contribution in [-0.2, 0) is 4.74 Å². The molecule has 0 amide bonds. The van der Waals surface area contributed by atoms with Gasteiger partial charge in [0.2, 0.25) is 0 Å². The average molecular weight is 204 g/mol. The molecule has 0 aromatic heterocycles. The van der Waals surface area contributed by atoms with Gasteiger partial charge in [-0.05, 0) is 25.5 Å². The molecule has 0 fully saturated rings. The van der Waals surface area contributed by atoms with Crippen molar-refractivity contribution in [2.75, 3.05) is 7.11 Å². The molecular weight excluding hydrogens is 188 g/mol. The average Bonchev–Trinajstić information content (AvgIpc) is 2.26. The van der Waals surface area contributed by atoms with Crippen LogP contribution in [0, 0.1) is 16.7 Å². The molecule has 0 bridgehead atoms. The molecule has 1 N–H and O–H groups in total. The molecule has 0 spiro atoms. The minimum absolute atomic E-state index is 0.0628. The molecule has 0 atom stereocenters. The van der Waals surface area contributed by atoms with Crippen molar-refractivity contribution in [1.29, 1.82) is 10.7 Å². The first-order valence-electron chi connectivity index (χ1n) is 4.77.